The van der Waals surface area contributed by atoms with Crippen LogP contribution in [0.25, 0.3) is 10.9 Å². The number of aromatic nitrogens is 1. The number of halogens is 1. The lowest BCUT2D eigenvalue weighted by molar-refractivity contribution is 0.633. The minimum absolute atomic E-state index is 0.148. The van der Waals surface area contributed by atoms with Crippen LogP contribution in [-0.2, 0) is 7.05 Å². The monoisotopic (exact) mass is 195 g/mol. The van der Waals surface area contributed by atoms with Crippen molar-refractivity contribution in [3.8, 4) is 0 Å². The van der Waals surface area contributed by atoms with Crippen molar-refractivity contribution < 1.29 is 4.39 Å². The van der Waals surface area contributed by atoms with E-state index >= 15 is 0 Å². The van der Waals surface area contributed by atoms with E-state index in [9.17, 15) is 4.39 Å². The Morgan fingerprint density at radius 1 is 1.38 bits per heavy atom. The van der Waals surface area contributed by atoms with Crippen molar-refractivity contribution in [2.45, 2.75) is 6.92 Å². The molecule has 0 bridgehead atoms. The van der Waals surface area contributed by atoms with E-state index < -0.39 is 0 Å². The molecule has 0 spiro atoms. The molecule has 2 rings (SSSR count). The van der Waals surface area contributed by atoms with Crippen LogP contribution in [0.2, 0.25) is 0 Å². The zero-order valence-electron chi connectivity index (χ0n) is 7.63. The van der Waals surface area contributed by atoms with E-state index in [4.69, 9.17) is 0 Å². The molecule has 0 amide bonds. The molecule has 0 fully saturated rings. The number of fused-ring (bicyclic) bond motifs is 1. The van der Waals surface area contributed by atoms with Crippen LogP contribution in [0.5, 0.6) is 0 Å². The standard InChI is InChI=1S/C10H11FNP/c1-6-3-7-8(11)5-12(2)10(7)9(13)4-6/h3-5H,13H2,1-2H3. The van der Waals surface area contributed by atoms with Crippen molar-refractivity contribution in [1.29, 1.82) is 0 Å². The fourth-order valence-corrected chi connectivity index (χ4v) is 2.31. The molecule has 0 saturated heterocycles. The summed E-state index contributed by atoms with van der Waals surface area (Å²) < 4.78 is 15.1. The Hall–Kier alpha value is -0.880. The van der Waals surface area contributed by atoms with Crippen LogP contribution in [0.1, 0.15) is 5.56 Å². The average molecular weight is 195 g/mol. The number of aryl methyl sites for hydroxylation is 2. The van der Waals surface area contributed by atoms with Crippen molar-refractivity contribution in [3.63, 3.8) is 0 Å². The van der Waals surface area contributed by atoms with Crippen LogP contribution >= 0.6 is 9.24 Å². The molecular weight excluding hydrogens is 184 g/mol. The molecule has 68 valence electrons. The Labute approximate surface area is 78.8 Å². The van der Waals surface area contributed by atoms with E-state index in [0.717, 1.165) is 16.4 Å². The Morgan fingerprint density at radius 3 is 2.77 bits per heavy atom. The Bertz CT molecular complexity index is 473. The third-order valence-corrected chi connectivity index (χ3v) is 2.64. The quantitative estimate of drug-likeness (QED) is 0.567. The summed E-state index contributed by atoms with van der Waals surface area (Å²) in [6.45, 7) is 1.97. The Kier molecular flexibility index (Phi) is 1.88. The first-order valence-corrected chi connectivity index (χ1v) is 4.68. The maximum atomic E-state index is 13.3. The molecule has 1 aromatic heterocycles. The summed E-state index contributed by atoms with van der Waals surface area (Å²) in [6, 6.07) is 3.91. The topological polar surface area (TPSA) is 4.93 Å². The van der Waals surface area contributed by atoms with Crippen LogP contribution in [0, 0.1) is 12.7 Å². The molecule has 1 atom stereocenters. The van der Waals surface area contributed by atoms with Crippen molar-refractivity contribution in [1.82, 2.24) is 4.57 Å². The molecule has 1 unspecified atom stereocenters. The van der Waals surface area contributed by atoms with Gasteiger partial charge in [-0.25, -0.2) is 4.39 Å². The summed E-state index contributed by atoms with van der Waals surface area (Å²) in [5.41, 5.74) is 2.04. The average Bonchev–Trinajstić information content (AvgIpc) is 2.27. The molecule has 0 radical (unpaired) electrons. The molecule has 0 saturated carbocycles. The molecule has 2 aromatic rings. The van der Waals surface area contributed by atoms with Crippen molar-refractivity contribution in [2.24, 2.45) is 7.05 Å². The van der Waals surface area contributed by atoms with Crippen LogP contribution in [0.3, 0.4) is 0 Å². The fraction of sp³-hybridized carbons (Fsp3) is 0.200. The van der Waals surface area contributed by atoms with Gasteiger partial charge in [-0.15, -0.1) is 9.24 Å². The highest BCUT2D eigenvalue weighted by Crippen LogP contribution is 2.20. The van der Waals surface area contributed by atoms with Gasteiger partial charge in [0.05, 0.1) is 5.52 Å². The summed E-state index contributed by atoms with van der Waals surface area (Å²) in [7, 11) is 4.49. The normalized spacial score (nSPS) is 11.1. The van der Waals surface area contributed by atoms with Gasteiger partial charge in [-0.2, -0.15) is 0 Å². The van der Waals surface area contributed by atoms with Crippen LogP contribution in [-0.4, -0.2) is 4.57 Å². The number of hydrogen-bond donors (Lipinski definition) is 0. The van der Waals surface area contributed by atoms with Gasteiger partial charge in [-0.05, 0) is 29.9 Å². The first kappa shape index (κ1) is 8.71. The lowest BCUT2D eigenvalue weighted by Gasteiger charge is -2.01. The van der Waals surface area contributed by atoms with Crippen LogP contribution in [0.15, 0.2) is 18.3 Å². The van der Waals surface area contributed by atoms with Crippen LogP contribution < -0.4 is 5.30 Å². The number of hydrogen-bond acceptors (Lipinski definition) is 0. The van der Waals surface area contributed by atoms with Crippen molar-refractivity contribution in [2.75, 3.05) is 0 Å². The maximum absolute atomic E-state index is 13.3. The highest BCUT2D eigenvalue weighted by Gasteiger charge is 2.08. The van der Waals surface area contributed by atoms with Crippen molar-refractivity contribution in [3.05, 3.63) is 29.7 Å². The molecule has 0 aliphatic heterocycles. The lowest BCUT2D eigenvalue weighted by atomic mass is 10.2. The lowest BCUT2D eigenvalue weighted by Crippen LogP contribution is -1.98. The van der Waals surface area contributed by atoms with Gasteiger partial charge in [0.1, 0.15) is 5.82 Å². The molecule has 1 aromatic carbocycles. The van der Waals surface area contributed by atoms with Crippen molar-refractivity contribution >= 4 is 25.4 Å². The van der Waals surface area contributed by atoms with E-state index in [1.165, 1.54) is 6.20 Å². The number of nitrogens with zero attached hydrogens (tertiary/aromatic N) is 1. The van der Waals surface area contributed by atoms with E-state index in [2.05, 4.69) is 9.24 Å². The predicted octanol–water partition coefficient (Wildman–Crippen LogP) is 2.13. The summed E-state index contributed by atoms with van der Waals surface area (Å²) >= 11 is 0. The molecule has 0 N–H and O–H groups in total. The first-order chi connectivity index (χ1) is 6.09. The van der Waals surface area contributed by atoms with E-state index in [-0.39, 0.29) is 5.82 Å². The van der Waals surface area contributed by atoms with Gasteiger partial charge in [0.25, 0.3) is 0 Å². The second kappa shape index (κ2) is 2.81. The second-order valence-electron chi connectivity index (χ2n) is 3.34. The van der Waals surface area contributed by atoms with E-state index in [1.54, 1.807) is 0 Å². The maximum Gasteiger partial charge on any atom is 0.148 e. The van der Waals surface area contributed by atoms with Gasteiger partial charge in [0.2, 0.25) is 0 Å². The number of rotatable bonds is 0. The second-order valence-corrected chi connectivity index (χ2v) is 3.96. The molecule has 3 heteroatoms. The van der Waals surface area contributed by atoms with Crippen LogP contribution in [0.4, 0.5) is 4.39 Å². The van der Waals surface area contributed by atoms with E-state index in [1.807, 2.05) is 30.7 Å². The molecular formula is C10H11FNP. The van der Waals surface area contributed by atoms with Gasteiger partial charge in [0.15, 0.2) is 0 Å². The minimum Gasteiger partial charge on any atom is -0.347 e. The highest BCUT2D eigenvalue weighted by molar-refractivity contribution is 7.28. The zero-order chi connectivity index (χ0) is 9.59. The smallest absolute Gasteiger partial charge is 0.148 e. The van der Waals surface area contributed by atoms with Gasteiger partial charge in [-0.1, -0.05) is 0 Å². The summed E-state index contributed by atoms with van der Waals surface area (Å²) in [4.78, 5) is 0. The molecule has 1 nitrogen and oxygen atoms in total. The van der Waals surface area contributed by atoms with Gasteiger partial charge < -0.3 is 4.57 Å². The van der Waals surface area contributed by atoms with E-state index in [0.29, 0.717) is 5.39 Å². The summed E-state index contributed by atoms with van der Waals surface area (Å²) in [6.07, 6.45) is 1.51. The highest BCUT2D eigenvalue weighted by atomic mass is 31.0. The Morgan fingerprint density at radius 2 is 2.08 bits per heavy atom. The van der Waals surface area contributed by atoms with Gasteiger partial charge >= 0.3 is 0 Å². The first-order valence-electron chi connectivity index (χ1n) is 4.10. The largest absolute Gasteiger partial charge is 0.347 e. The van der Waals surface area contributed by atoms with Gasteiger partial charge in [0, 0.05) is 18.6 Å². The number of benzene rings is 1. The molecule has 1 heterocycles. The minimum atomic E-state index is -0.148. The predicted molar refractivity (Wildman–Crippen MR) is 57.0 cm³/mol. The summed E-state index contributed by atoms with van der Waals surface area (Å²) in [5, 5.41) is 1.74. The fourth-order valence-electron chi connectivity index (χ4n) is 1.69. The zero-order valence-corrected chi connectivity index (χ0v) is 8.79. The molecule has 0 aliphatic rings. The third-order valence-electron chi connectivity index (χ3n) is 2.20. The molecule has 0 aliphatic carbocycles. The molecule has 13 heavy (non-hydrogen) atoms. The van der Waals surface area contributed by atoms with Gasteiger partial charge in [-0.3, -0.25) is 0 Å². The third kappa shape index (κ3) is 1.26. The SMILES string of the molecule is Cc1cc(P)c2c(c1)c(F)cn2C. The summed E-state index contributed by atoms with van der Waals surface area (Å²) in [5.74, 6) is -0.148. The Balaban J connectivity index is 2.97.